The average Bonchev–Trinajstić information content (AvgIpc) is 3.24. The van der Waals surface area contributed by atoms with Crippen molar-refractivity contribution in [3.63, 3.8) is 0 Å². The van der Waals surface area contributed by atoms with Crippen molar-refractivity contribution in [1.29, 1.82) is 0 Å². The minimum absolute atomic E-state index is 0.0985. The molecule has 0 radical (unpaired) electrons. The molecule has 0 N–H and O–H groups in total. The minimum Gasteiger partial charge on any atom is -0.314 e. The number of halogens is 3. The quantitative estimate of drug-likeness (QED) is 0.210. The predicted octanol–water partition coefficient (Wildman–Crippen LogP) is 7.40. The largest absolute Gasteiger partial charge is 0.416 e. The normalized spacial score (nSPS) is 11.8. The number of carbonyl (C=O) groups is 1. The highest BCUT2D eigenvalue weighted by molar-refractivity contribution is 7.99. The Balaban J connectivity index is 1.46. The smallest absolute Gasteiger partial charge is 0.314 e. The van der Waals surface area contributed by atoms with Gasteiger partial charge in [0.25, 0.3) is 0 Å². The fourth-order valence-corrected chi connectivity index (χ4v) is 5.33. The highest BCUT2D eigenvalue weighted by Gasteiger charge is 2.31. The van der Waals surface area contributed by atoms with E-state index in [2.05, 4.69) is 4.98 Å². The fourth-order valence-electron chi connectivity index (χ4n) is 4.44. The molecule has 0 atom stereocenters. The first-order chi connectivity index (χ1) is 17.8. The summed E-state index contributed by atoms with van der Waals surface area (Å²) < 4.78 is 41.9. The Labute approximate surface area is 216 Å². The Morgan fingerprint density at radius 1 is 0.946 bits per heavy atom. The maximum atomic E-state index is 13.4. The van der Waals surface area contributed by atoms with Crippen molar-refractivity contribution in [1.82, 2.24) is 9.55 Å². The molecule has 0 saturated heterocycles. The van der Waals surface area contributed by atoms with Crippen LogP contribution in [-0.2, 0) is 17.5 Å². The number of anilines is 1. The maximum Gasteiger partial charge on any atom is 0.416 e. The highest BCUT2D eigenvalue weighted by Crippen LogP contribution is 2.34. The molecule has 0 aliphatic heterocycles. The lowest BCUT2D eigenvalue weighted by molar-refractivity contribution is -0.137. The van der Waals surface area contributed by atoms with Crippen LogP contribution in [0.2, 0.25) is 0 Å². The van der Waals surface area contributed by atoms with Crippen LogP contribution in [0.25, 0.3) is 21.8 Å². The zero-order valence-corrected chi connectivity index (χ0v) is 20.9. The van der Waals surface area contributed by atoms with E-state index in [-0.39, 0.29) is 17.2 Å². The lowest BCUT2D eigenvalue weighted by Gasteiger charge is -2.22. The molecule has 4 aromatic carbocycles. The zero-order chi connectivity index (χ0) is 26.0. The van der Waals surface area contributed by atoms with Crippen LogP contribution in [0, 0.1) is 0 Å². The second-order valence-corrected chi connectivity index (χ2v) is 9.53. The molecule has 0 bridgehead atoms. The van der Waals surface area contributed by atoms with E-state index < -0.39 is 11.7 Å². The van der Waals surface area contributed by atoms with Gasteiger partial charge in [0.2, 0.25) is 5.91 Å². The molecule has 188 valence electrons. The summed E-state index contributed by atoms with van der Waals surface area (Å²) in [5, 5.41) is 2.53. The lowest BCUT2D eigenvalue weighted by Crippen LogP contribution is -2.32. The Morgan fingerprint density at radius 3 is 2.43 bits per heavy atom. The van der Waals surface area contributed by atoms with E-state index in [4.69, 9.17) is 0 Å². The number of imidazole rings is 1. The SMILES string of the molecule is CCN(C(=O)CSc1nc2cc(C(F)(F)F)ccc2n1Cc1ccccc1)c1cccc2ccccc12. The van der Waals surface area contributed by atoms with Crippen LogP contribution in [0.5, 0.6) is 0 Å². The Morgan fingerprint density at radius 2 is 1.68 bits per heavy atom. The van der Waals surface area contributed by atoms with Crippen molar-refractivity contribution in [2.24, 2.45) is 0 Å². The van der Waals surface area contributed by atoms with Gasteiger partial charge >= 0.3 is 6.18 Å². The molecule has 5 rings (SSSR count). The van der Waals surface area contributed by atoms with Gasteiger partial charge in [0, 0.05) is 11.9 Å². The number of aromatic nitrogens is 2. The van der Waals surface area contributed by atoms with Crippen LogP contribution in [0.3, 0.4) is 0 Å². The molecule has 1 aromatic heterocycles. The molecule has 8 heteroatoms. The van der Waals surface area contributed by atoms with Crippen LogP contribution < -0.4 is 4.90 Å². The lowest BCUT2D eigenvalue weighted by atomic mass is 10.1. The Bertz CT molecular complexity index is 1560. The molecule has 0 aliphatic carbocycles. The van der Waals surface area contributed by atoms with Gasteiger partial charge in [-0.25, -0.2) is 4.98 Å². The minimum atomic E-state index is -4.46. The molecule has 0 saturated carbocycles. The van der Waals surface area contributed by atoms with Crippen molar-refractivity contribution in [3.05, 3.63) is 102 Å². The second kappa shape index (κ2) is 10.3. The summed E-state index contributed by atoms with van der Waals surface area (Å²) >= 11 is 1.24. The number of carbonyl (C=O) groups excluding carboxylic acids is 1. The van der Waals surface area contributed by atoms with Crippen molar-refractivity contribution in [3.8, 4) is 0 Å². The number of thioether (sulfide) groups is 1. The second-order valence-electron chi connectivity index (χ2n) is 8.59. The van der Waals surface area contributed by atoms with E-state index >= 15 is 0 Å². The van der Waals surface area contributed by atoms with Crippen LogP contribution in [0.15, 0.2) is 96.2 Å². The zero-order valence-electron chi connectivity index (χ0n) is 20.1. The molecule has 5 aromatic rings. The first kappa shape index (κ1) is 24.9. The molecule has 0 spiro atoms. The van der Waals surface area contributed by atoms with Gasteiger partial charge in [0.1, 0.15) is 0 Å². The van der Waals surface area contributed by atoms with Crippen LogP contribution >= 0.6 is 11.8 Å². The predicted molar refractivity (Wildman–Crippen MR) is 143 cm³/mol. The summed E-state index contributed by atoms with van der Waals surface area (Å²) in [6, 6.07) is 27.0. The van der Waals surface area contributed by atoms with E-state index in [9.17, 15) is 18.0 Å². The maximum absolute atomic E-state index is 13.4. The third kappa shape index (κ3) is 5.20. The molecule has 0 unspecified atom stereocenters. The van der Waals surface area contributed by atoms with Gasteiger partial charge in [0.05, 0.1) is 34.6 Å². The van der Waals surface area contributed by atoms with E-state index in [1.807, 2.05) is 84.3 Å². The van der Waals surface area contributed by atoms with Gasteiger partial charge in [-0.05, 0) is 42.1 Å². The first-order valence-electron chi connectivity index (χ1n) is 11.9. The molecule has 0 aliphatic rings. The third-order valence-electron chi connectivity index (χ3n) is 6.22. The fraction of sp³-hybridized carbons (Fsp3) is 0.172. The summed E-state index contributed by atoms with van der Waals surface area (Å²) in [7, 11) is 0. The number of rotatable bonds is 7. The number of amides is 1. The molecule has 37 heavy (non-hydrogen) atoms. The monoisotopic (exact) mass is 519 g/mol. The van der Waals surface area contributed by atoms with Gasteiger partial charge in [-0.2, -0.15) is 13.2 Å². The third-order valence-corrected chi connectivity index (χ3v) is 7.18. The van der Waals surface area contributed by atoms with Gasteiger partial charge in [-0.3, -0.25) is 4.79 Å². The van der Waals surface area contributed by atoms with Crippen LogP contribution in [0.4, 0.5) is 18.9 Å². The summed E-state index contributed by atoms with van der Waals surface area (Å²) in [5.41, 5.74) is 1.92. The van der Waals surface area contributed by atoms with Gasteiger partial charge < -0.3 is 9.47 Å². The first-order valence-corrected chi connectivity index (χ1v) is 12.9. The van der Waals surface area contributed by atoms with Gasteiger partial charge in [-0.1, -0.05) is 78.5 Å². The van der Waals surface area contributed by atoms with E-state index in [1.54, 1.807) is 4.90 Å². The van der Waals surface area contributed by atoms with Crippen molar-refractivity contribution in [2.45, 2.75) is 24.8 Å². The number of hydrogen-bond donors (Lipinski definition) is 0. The van der Waals surface area contributed by atoms with E-state index in [0.29, 0.717) is 23.8 Å². The molecule has 1 amide bonds. The van der Waals surface area contributed by atoms with Crippen molar-refractivity contribution < 1.29 is 18.0 Å². The molecular weight excluding hydrogens is 495 g/mol. The van der Waals surface area contributed by atoms with E-state index in [1.165, 1.54) is 17.8 Å². The molecule has 1 heterocycles. The average molecular weight is 520 g/mol. The summed E-state index contributed by atoms with van der Waals surface area (Å²) in [4.78, 5) is 19.6. The standard InChI is InChI=1S/C29H24F3N3OS/c1-2-34(25-14-8-12-21-11-6-7-13-23(21)25)27(36)19-37-28-33-24-17-22(29(30,31)32)15-16-26(24)35(28)18-20-9-4-3-5-10-20/h3-17H,2,18-19H2,1H3. The molecular formula is C29H24F3N3OS. The molecule has 0 fully saturated rings. The Hall–Kier alpha value is -3.78. The van der Waals surface area contributed by atoms with Crippen LogP contribution in [0.1, 0.15) is 18.1 Å². The highest BCUT2D eigenvalue weighted by atomic mass is 32.2. The van der Waals surface area contributed by atoms with Gasteiger partial charge in [-0.15, -0.1) is 0 Å². The number of fused-ring (bicyclic) bond motifs is 2. The van der Waals surface area contributed by atoms with Gasteiger partial charge in [0.15, 0.2) is 5.16 Å². The number of alkyl halides is 3. The van der Waals surface area contributed by atoms with Crippen molar-refractivity contribution >= 4 is 45.2 Å². The van der Waals surface area contributed by atoms with Crippen LogP contribution in [-0.4, -0.2) is 27.8 Å². The number of hydrogen-bond acceptors (Lipinski definition) is 3. The van der Waals surface area contributed by atoms with E-state index in [0.717, 1.165) is 34.2 Å². The van der Waals surface area contributed by atoms with Crippen molar-refractivity contribution in [2.75, 3.05) is 17.2 Å². The Kier molecular flexibility index (Phi) is 6.93. The summed E-state index contributed by atoms with van der Waals surface area (Å²) in [5.74, 6) is -0.000422. The molecule has 4 nitrogen and oxygen atoms in total. The topological polar surface area (TPSA) is 38.1 Å². The summed E-state index contributed by atoms with van der Waals surface area (Å²) in [6.45, 7) is 2.84. The number of nitrogens with zero attached hydrogens (tertiary/aromatic N) is 3. The number of benzene rings is 4. The summed E-state index contributed by atoms with van der Waals surface area (Å²) in [6.07, 6.45) is -4.46.